The zero-order valence-electron chi connectivity index (χ0n) is 12.4. The van der Waals surface area contributed by atoms with Crippen LogP contribution in [0.2, 0.25) is 0 Å². The molecule has 0 aliphatic heterocycles. The summed E-state index contributed by atoms with van der Waals surface area (Å²) in [6.07, 6.45) is 4.83. The number of carbonyl (C=O) groups excluding carboxylic acids is 1. The number of nitrogens with one attached hydrogen (secondary N) is 1. The van der Waals surface area contributed by atoms with Crippen molar-refractivity contribution in [3.05, 3.63) is 35.4 Å². The van der Waals surface area contributed by atoms with Gasteiger partial charge in [0.05, 0.1) is 12.0 Å². The lowest BCUT2D eigenvalue weighted by Gasteiger charge is -2.39. The van der Waals surface area contributed by atoms with Crippen molar-refractivity contribution in [2.75, 3.05) is 5.88 Å². The van der Waals surface area contributed by atoms with E-state index in [2.05, 4.69) is 12.2 Å². The second-order valence-corrected chi connectivity index (χ2v) is 6.53. The van der Waals surface area contributed by atoms with Gasteiger partial charge in [-0.3, -0.25) is 4.79 Å². The number of carbonyl (C=O) groups is 1. The van der Waals surface area contributed by atoms with E-state index in [-0.39, 0.29) is 11.4 Å². The molecule has 1 fully saturated rings. The predicted molar refractivity (Wildman–Crippen MR) is 84.1 cm³/mol. The topological polar surface area (TPSA) is 29.1 Å². The number of rotatable bonds is 4. The number of benzene rings is 1. The summed E-state index contributed by atoms with van der Waals surface area (Å²) >= 11 is 6.17. The summed E-state index contributed by atoms with van der Waals surface area (Å²) < 4.78 is 0. The Hall–Kier alpha value is -1.02. The van der Waals surface area contributed by atoms with E-state index >= 15 is 0 Å². The van der Waals surface area contributed by atoms with Gasteiger partial charge in [-0.25, -0.2) is 0 Å². The highest BCUT2D eigenvalue weighted by Crippen LogP contribution is 2.33. The van der Waals surface area contributed by atoms with Crippen LogP contribution in [-0.4, -0.2) is 17.3 Å². The summed E-state index contributed by atoms with van der Waals surface area (Å²) in [6, 6.07) is 8.05. The van der Waals surface area contributed by atoms with E-state index in [1.54, 1.807) is 0 Å². The molecular weight excluding hydrogens is 270 g/mol. The molecule has 1 saturated carbocycles. The highest BCUT2D eigenvalue weighted by atomic mass is 35.5. The van der Waals surface area contributed by atoms with Crippen LogP contribution in [0, 0.1) is 12.8 Å². The summed E-state index contributed by atoms with van der Waals surface area (Å²) in [5, 5.41) is 3.22. The number of halogens is 1. The monoisotopic (exact) mass is 293 g/mol. The lowest BCUT2D eigenvalue weighted by Crippen LogP contribution is -2.53. The molecule has 1 aliphatic rings. The van der Waals surface area contributed by atoms with Crippen molar-refractivity contribution >= 4 is 17.5 Å². The Morgan fingerprint density at radius 2 is 2.20 bits per heavy atom. The van der Waals surface area contributed by atoms with Gasteiger partial charge in [-0.1, -0.05) is 44.0 Å². The molecule has 1 amide bonds. The molecule has 1 aliphatic carbocycles. The van der Waals surface area contributed by atoms with Gasteiger partial charge in [-0.05, 0) is 36.8 Å². The molecule has 1 aromatic carbocycles. The molecule has 3 heteroatoms. The largest absolute Gasteiger partial charge is 0.349 e. The number of hydrogen-bond donors (Lipinski definition) is 1. The Bertz CT molecular complexity index is 474. The molecule has 0 bridgehead atoms. The van der Waals surface area contributed by atoms with Gasteiger partial charge in [0.15, 0.2) is 0 Å². The Labute approximate surface area is 126 Å². The third-order valence-electron chi connectivity index (χ3n) is 4.36. The molecule has 2 nitrogen and oxygen atoms in total. The molecule has 2 atom stereocenters. The van der Waals surface area contributed by atoms with Crippen molar-refractivity contribution in [2.24, 2.45) is 5.92 Å². The second-order valence-electron chi connectivity index (χ2n) is 6.27. The van der Waals surface area contributed by atoms with Gasteiger partial charge in [0.1, 0.15) is 0 Å². The van der Waals surface area contributed by atoms with E-state index in [0.29, 0.717) is 18.2 Å². The van der Waals surface area contributed by atoms with Crippen LogP contribution in [0.3, 0.4) is 0 Å². The molecule has 0 heterocycles. The number of amides is 1. The first-order chi connectivity index (χ1) is 9.54. The van der Waals surface area contributed by atoms with E-state index in [1.807, 2.05) is 31.2 Å². The second kappa shape index (κ2) is 6.62. The molecule has 1 N–H and O–H groups in total. The van der Waals surface area contributed by atoms with E-state index in [9.17, 15) is 4.79 Å². The Kier molecular flexibility index (Phi) is 5.09. The van der Waals surface area contributed by atoms with Crippen LogP contribution in [0.25, 0.3) is 0 Å². The van der Waals surface area contributed by atoms with Gasteiger partial charge in [-0.15, -0.1) is 11.6 Å². The fourth-order valence-corrected chi connectivity index (χ4v) is 3.56. The van der Waals surface area contributed by atoms with Crippen molar-refractivity contribution in [3.8, 4) is 0 Å². The fourth-order valence-electron chi connectivity index (χ4n) is 3.25. The number of hydrogen-bond acceptors (Lipinski definition) is 1. The van der Waals surface area contributed by atoms with Crippen LogP contribution >= 0.6 is 11.6 Å². The summed E-state index contributed by atoms with van der Waals surface area (Å²) in [7, 11) is 0. The number of alkyl halides is 1. The summed E-state index contributed by atoms with van der Waals surface area (Å²) in [5.41, 5.74) is 2.07. The minimum atomic E-state index is -0.195. The summed E-state index contributed by atoms with van der Waals surface area (Å²) in [6.45, 7) is 4.29. The minimum Gasteiger partial charge on any atom is -0.349 e. The van der Waals surface area contributed by atoms with Crippen molar-refractivity contribution in [1.29, 1.82) is 0 Å². The van der Waals surface area contributed by atoms with Gasteiger partial charge < -0.3 is 5.32 Å². The molecular formula is C17H24ClNO. The quantitative estimate of drug-likeness (QED) is 0.840. The third-order valence-corrected chi connectivity index (χ3v) is 4.88. The van der Waals surface area contributed by atoms with Gasteiger partial charge in [0.25, 0.3) is 0 Å². The normalized spacial score (nSPS) is 26.2. The molecule has 0 radical (unpaired) electrons. The maximum Gasteiger partial charge on any atom is 0.224 e. The van der Waals surface area contributed by atoms with Crippen LogP contribution in [0.1, 0.15) is 43.7 Å². The average molecular weight is 294 g/mol. The van der Waals surface area contributed by atoms with Crippen molar-refractivity contribution in [2.45, 2.75) is 51.5 Å². The lowest BCUT2D eigenvalue weighted by molar-refractivity contribution is -0.122. The van der Waals surface area contributed by atoms with Crippen LogP contribution in [0.4, 0.5) is 0 Å². The summed E-state index contributed by atoms with van der Waals surface area (Å²) in [4.78, 5) is 12.3. The van der Waals surface area contributed by atoms with Crippen LogP contribution < -0.4 is 5.32 Å². The van der Waals surface area contributed by atoms with Gasteiger partial charge >= 0.3 is 0 Å². The number of aryl methyl sites for hydroxylation is 1. The zero-order chi connectivity index (χ0) is 14.6. The molecule has 20 heavy (non-hydrogen) atoms. The smallest absolute Gasteiger partial charge is 0.224 e. The highest BCUT2D eigenvalue weighted by Gasteiger charge is 2.35. The van der Waals surface area contributed by atoms with Crippen LogP contribution in [0.5, 0.6) is 0 Å². The molecule has 1 aromatic rings. The van der Waals surface area contributed by atoms with Crippen molar-refractivity contribution < 1.29 is 4.79 Å². The predicted octanol–water partition coefficient (Wildman–Crippen LogP) is 3.84. The van der Waals surface area contributed by atoms with E-state index in [0.717, 1.165) is 24.8 Å². The molecule has 0 aromatic heterocycles. The first-order valence-corrected chi connectivity index (χ1v) is 7.99. The summed E-state index contributed by atoms with van der Waals surface area (Å²) in [5.74, 6) is 1.24. The van der Waals surface area contributed by atoms with Crippen LogP contribution in [-0.2, 0) is 11.2 Å². The molecule has 110 valence electrons. The average Bonchev–Trinajstić information content (AvgIpc) is 2.41. The van der Waals surface area contributed by atoms with Gasteiger partial charge in [0, 0.05) is 5.88 Å². The van der Waals surface area contributed by atoms with Gasteiger partial charge in [-0.2, -0.15) is 0 Å². The Morgan fingerprint density at radius 1 is 1.45 bits per heavy atom. The highest BCUT2D eigenvalue weighted by molar-refractivity contribution is 6.18. The van der Waals surface area contributed by atoms with E-state index < -0.39 is 0 Å². The zero-order valence-corrected chi connectivity index (χ0v) is 13.2. The maximum absolute atomic E-state index is 12.3. The van der Waals surface area contributed by atoms with Crippen molar-refractivity contribution in [1.82, 2.24) is 5.32 Å². The minimum absolute atomic E-state index is 0.0917. The van der Waals surface area contributed by atoms with Crippen LogP contribution in [0.15, 0.2) is 24.3 Å². The fraction of sp³-hybridized carbons (Fsp3) is 0.588. The Morgan fingerprint density at radius 3 is 2.85 bits per heavy atom. The third kappa shape index (κ3) is 3.76. The standard InChI is InChI=1S/C17H24ClNO/c1-13-6-5-9-17(11-13,12-18)19-16(20)10-15-8-4-3-7-14(15)2/h3-4,7-8,13H,5-6,9-12H2,1-2H3,(H,19,20). The van der Waals surface area contributed by atoms with Crippen molar-refractivity contribution in [3.63, 3.8) is 0 Å². The SMILES string of the molecule is Cc1ccccc1CC(=O)NC1(CCl)CCCC(C)C1. The first kappa shape index (κ1) is 15.4. The van der Waals surface area contributed by atoms with E-state index in [4.69, 9.17) is 11.6 Å². The first-order valence-electron chi connectivity index (χ1n) is 7.46. The molecule has 0 spiro atoms. The maximum atomic E-state index is 12.3. The lowest BCUT2D eigenvalue weighted by atomic mass is 9.77. The molecule has 2 unspecified atom stereocenters. The molecule has 2 rings (SSSR count). The van der Waals surface area contributed by atoms with E-state index in [1.165, 1.54) is 12.0 Å². The molecule has 0 saturated heterocycles. The Balaban J connectivity index is 2.01. The van der Waals surface area contributed by atoms with Gasteiger partial charge in [0.2, 0.25) is 5.91 Å².